The molecule has 204 valence electrons. The van der Waals surface area contributed by atoms with Crippen LogP contribution in [0.4, 0.5) is 0 Å². The Kier molecular flexibility index (Phi) is 7.39. The highest BCUT2D eigenvalue weighted by atomic mass is 16.5. The Hall–Kier alpha value is -1.47. The summed E-state index contributed by atoms with van der Waals surface area (Å²) in [5.41, 5.74) is 3.81. The third-order valence-electron chi connectivity index (χ3n) is 10.5. The SMILES string of the molecule is COC1COCCC1C[C@@H]1C[C@H]2CN(C3CCOCC3C)C[C@@]2(C(=O)N2CCc3ccc(C)cc3C2)C1. The fourth-order valence-electron chi connectivity index (χ4n) is 8.61. The van der Waals surface area contributed by atoms with Crippen molar-refractivity contribution in [2.24, 2.45) is 29.1 Å². The van der Waals surface area contributed by atoms with Gasteiger partial charge < -0.3 is 19.1 Å². The van der Waals surface area contributed by atoms with E-state index in [9.17, 15) is 4.79 Å². The second kappa shape index (κ2) is 10.6. The fraction of sp³-hybridized carbons (Fsp3) is 0.774. The molecule has 5 aliphatic rings. The fourth-order valence-corrected chi connectivity index (χ4v) is 8.61. The van der Waals surface area contributed by atoms with Crippen LogP contribution in [0, 0.1) is 36.0 Å². The summed E-state index contributed by atoms with van der Waals surface area (Å²) in [6, 6.07) is 7.31. The van der Waals surface area contributed by atoms with Gasteiger partial charge in [0.15, 0.2) is 0 Å². The Morgan fingerprint density at radius 3 is 2.84 bits per heavy atom. The number of benzene rings is 1. The number of methoxy groups -OCH3 is 1. The molecule has 37 heavy (non-hydrogen) atoms. The zero-order valence-electron chi connectivity index (χ0n) is 23.1. The first-order valence-electron chi connectivity index (χ1n) is 14.8. The molecule has 0 bridgehead atoms. The molecule has 0 spiro atoms. The number of hydrogen-bond acceptors (Lipinski definition) is 5. The highest BCUT2D eigenvalue weighted by Gasteiger charge is 2.59. The molecule has 7 atom stereocenters. The zero-order chi connectivity index (χ0) is 25.6. The lowest BCUT2D eigenvalue weighted by molar-refractivity contribution is -0.144. The average molecular weight is 511 g/mol. The van der Waals surface area contributed by atoms with Gasteiger partial charge in [0.25, 0.3) is 0 Å². The molecule has 6 rings (SSSR count). The lowest BCUT2D eigenvalue weighted by Gasteiger charge is -2.40. The number of likely N-dealkylation sites (tertiary alicyclic amines) is 1. The van der Waals surface area contributed by atoms with Crippen molar-refractivity contribution in [2.75, 3.05) is 53.2 Å². The van der Waals surface area contributed by atoms with E-state index in [4.69, 9.17) is 14.2 Å². The molecule has 0 N–H and O–H groups in total. The van der Waals surface area contributed by atoms with Gasteiger partial charge in [0.05, 0.1) is 24.7 Å². The van der Waals surface area contributed by atoms with Crippen LogP contribution >= 0.6 is 0 Å². The van der Waals surface area contributed by atoms with Gasteiger partial charge in [0.2, 0.25) is 5.91 Å². The molecular formula is C31H46N2O4. The van der Waals surface area contributed by atoms with Gasteiger partial charge in [0, 0.05) is 52.5 Å². The van der Waals surface area contributed by atoms with Gasteiger partial charge >= 0.3 is 0 Å². The highest BCUT2D eigenvalue weighted by molar-refractivity contribution is 5.84. The third-order valence-corrected chi connectivity index (χ3v) is 10.5. The topological polar surface area (TPSA) is 51.2 Å². The number of fused-ring (bicyclic) bond motifs is 2. The van der Waals surface area contributed by atoms with E-state index in [1.807, 2.05) is 7.11 Å². The first-order chi connectivity index (χ1) is 18.0. The Balaban J connectivity index is 1.23. The maximum atomic E-state index is 14.6. The van der Waals surface area contributed by atoms with Crippen molar-refractivity contribution in [3.05, 3.63) is 34.9 Å². The minimum atomic E-state index is -0.238. The Bertz CT molecular complexity index is 984. The number of hydrogen-bond donors (Lipinski definition) is 0. The Morgan fingerprint density at radius 1 is 1.16 bits per heavy atom. The van der Waals surface area contributed by atoms with Gasteiger partial charge in [-0.3, -0.25) is 9.69 Å². The maximum Gasteiger partial charge on any atom is 0.230 e. The van der Waals surface area contributed by atoms with Crippen LogP contribution in [0.2, 0.25) is 0 Å². The molecule has 6 nitrogen and oxygen atoms in total. The second-order valence-corrected chi connectivity index (χ2v) is 12.9. The number of rotatable bonds is 5. The molecule has 1 amide bonds. The normalized spacial score (nSPS) is 38.4. The summed E-state index contributed by atoms with van der Waals surface area (Å²) in [5, 5.41) is 0. The van der Waals surface area contributed by atoms with Crippen molar-refractivity contribution in [3.8, 4) is 0 Å². The van der Waals surface area contributed by atoms with E-state index >= 15 is 0 Å². The lowest BCUT2D eigenvalue weighted by Crippen LogP contribution is -2.50. The number of ether oxygens (including phenoxy) is 3. The summed E-state index contributed by atoms with van der Waals surface area (Å²) in [4.78, 5) is 19.5. The van der Waals surface area contributed by atoms with E-state index in [0.29, 0.717) is 42.2 Å². The number of amides is 1. The Morgan fingerprint density at radius 2 is 2.00 bits per heavy atom. The predicted molar refractivity (Wildman–Crippen MR) is 143 cm³/mol. The van der Waals surface area contributed by atoms with E-state index in [-0.39, 0.29) is 11.5 Å². The van der Waals surface area contributed by atoms with E-state index < -0.39 is 0 Å². The van der Waals surface area contributed by atoms with Crippen LogP contribution in [0.5, 0.6) is 0 Å². The zero-order valence-corrected chi connectivity index (χ0v) is 23.1. The second-order valence-electron chi connectivity index (χ2n) is 12.9. The van der Waals surface area contributed by atoms with E-state index in [0.717, 1.165) is 71.7 Å². The summed E-state index contributed by atoms with van der Waals surface area (Å²) in [7, 11) is 1.82. The van der Waals surface area contributed by atoms with Crippen LogP contribution < -0.4 is 0 Å². The summed E-state index contributed by atoms with van der Waals surface area (Å²) in [6.45, 7) is 11.4. The lowest BCUT2D eigenvalue weighted by atomic mass is 9.77. The van der Waals surface area contributed by atoms with Gasteiger partial charge in [-0.25, -0.2) is 0 Å². The molecule has 1 aliphatic carbocycles. The average Bonchev–Trinajstić information content (AvgIpc) is 3.43. The van der Waals surface area contributed by atoms with E-state index in [1.54, 1.807) is 0 Å². The quantitative estimate of drug-likeness (QED) is 0.598. The molecule has 4 unspecified atom stereocenters. The number of nitrogens with zero attached hydrogens (tertiary/aromatic N) is 2. The van der Waals surface area contributed by atoms with E-state index in [2.05, 4.69) is 41.8 Å². The third kappa shape index (κ3) is 4.88. The summed E-state index contributed by atoms with van der Waals surface area (Å²) >= 11 is 0. The number of carbonyl (C=O) groups is 1. The minimum Gasteiger partial charge on any atom is -0.381 e. The molecule has 4 heterocycles. The van der Waals surface area contributed by atoms with Gasteiger partial charge in [-0.15, -0.1) is 0 Å². The van der Waals surface area contributed by atoms with Crippen LogP contribution in [-0.4, -0.2) is 81.0 Å². The minimum absolute atomic E-state index is 0.197. The largest absolute Gasteiger partial charge is 0.381 e. The molecule has 3 saturated heterocycles. The van der Waals surface area contributed by atoms with Crippen molar-refractivity contribution in [1.82, 2.24) is 9.80 Å². The van der Waals surface area contributed by atoms with Gasteiger partial charge in [-0.1, -0.05) is 30.7 Å². The van der Waals surface area contributed by atoms with Crippen molar-refractivity contribution in [3.63, 3.8) is 0 Å². The van der Waals surface area contributed by atoms with E-state index in [1.165, 1.54) is 29.5 Å². The van der Waals surface area contributed by atoms with Crippen LogP contribution in [0.3, 0.4) is 0 Å². The summed E-state index contributed by atoms with van der Waals surface area (Å²) < 4.78 is 17.3. The van der Waals surface area contributed by atoms with Crippen molar-refractivity contribution >= 4 is 5.91 Å². The molecule has 4 aliphatic heterocycles. The molecule has 1 saturated carbocycles. The van der Waals surface area contributed by atoms with Crippen LogP contribution in [0.1, 0.15) is 55.7 Å². The van der Waals surface area contributed by atoms with Crippen molar-refractivity contribution < 1.29 is 19.0 Å². The molecule has 6 heteroatoms. The predicted octanol–water partition coefficient (Wildman–Crippen LogP) is 4.07. The standard InChI is InChI=1S/C31H46N2O4/c1-21-4-5-24-6-9-32(16-26(24)12-21)30(34)31-15-23(13-25-7-10-37-19-29(25)35-3)14-27(31)17-33(20-31)28-8-11-36-18-22(28)2/h4-5,12,22-23,25,27-29H,6-11,13-20H2,1-3H3/t22?,23-,25?,27+,28?,29?,31+/m1/s1. The highest BCUT2D eigenvalue weighted by Crippen LogP contribution is 2.55. The molecule has 1 aromatic carbocycles. The first kappa shape index (κ1) is 25.8. The summed E-state index contributed by atoms with van der Waals surface area (Å²) in [6.07, 6.45) is 6.73. The van der Waals surface area contributed by atoms with Crippen molar-refractivity contribution in [2.45, 2.75) is 71.1 Å². The molecule has 0 aromatic heterocycles. The monoisotopic (exact) mass is 510 g/mol. The van der Waals surface area contributed by atoms with Gasteiger partial charge in [-0.2, -0.15) is 0 Å². The Labute approximate surface area is 223 Å². The maximum absolute atomic E-state index is 14.6. The molecular weight excluding hydrogens is 464 g/mol. The number of aryl methyl sites for hydroxylation is 1. The molecule has 4 fully saturated rings. The van der Waals surface area contributed by atoms with Crippen LogP contribution in [-0.2, 0) is 32.0 Å². The van der Waals surface area contributed by atoms with Gasteiger partial charge in [0.1, 0.15) is 0 Å². The van der Waals surface area contributed by atoms with Crippen LogP contribution in [0.25, 0.3) is 0 Å². The van der Waals surface area contributed by atoms with Crippen LogP contribution in [0.15, 0.2) is 18.2 Å². The van der Waals surface area contributed by atoms with Crippen molar-refractivity contribution in [1.29, 1.82) is 0 Å². The first-order valence-corrected chi connectivity index (χ1v) is 14.8. The van der Waals surface area contributed by atoms with Gasteiger partial charge in [-0.05, 0) is 80.2 Å². The number of carbonyl (C=O) groups excluding carboxylic acids is 1. The smallest absolute Gasteiger partial charge is 0.230 e. The molecule has 1 aromatic rings. The summed E-state index contributed by atoms with van der Waals surface area (Å²) in [5.74, 6) is 2.57. The molecule has 0 radical (unpaired) electrons.